The minimum absolute atomic E-state index is 0.0509. The van der Waals surface area contributed by atoms with Crippen molar-refractivity contribution in [2.24, 2.45) is 0 Å². The molecule has 25 heavy (non-hydrogen) atoms. The van der Waals surface area contributed by atoms with E-state index in [0.717, 1.165) is 25.3 Å². The number of benzene rings is 1. The van der Waals surface area contributed by atoms with Gasteiger partial charge in [0, 0.05) is 31.5 Å². The van der Waals surface area contributed by atoms with Gasteiger partial charge in [0.25, 0.3) is 5.91 Å². The Hall–Kier alpha value is -1.43. The van der Waals surface area contributed by atoms with Gasteiger partial charge < -0.3 is 9.33 Å². The van der Waals surface area contributed by atoms with Gasteiger partial charge >= 0.3 is 0 Å². The molecule has 1 aromatic rings. The number of hydrogen-bond acceptors (Lipinski definition) is 3. The molecule has 0 fully saturated rings. The number of carbonyl (C=O) groups excluding carboxylic acids is 1. The molecule has 2 rings (SSSR count). The van der Waals surface area contributed by atoms with Gasteiger partial charge in [0.05, 0.1) is 6.67 Å². The third-order valence-electron chi connectivity index (χ3n) is 5.16. The normalized spacial score (nSPS) is 16.7. The van der Waals surface area contributed by atoms with Crippen molar-refractivity contribution in [3.05, 3.63) is 47.7 Å². The van der Waals surface area contributed by atoms with Crippen molar-refractivity contribution >= 4 is 14.2 Å². The third-order valence-corrected chi connectivity index (χ3v) is 9.70. The summed E-state index contributed by atoms with van der Waals surface area (Å²) in [4.78, 5) is 16.8. The highest BCUT2D eigenvalue weighted by atomic mass is 28.4. The van der Waals surface area contributed by atoms with E-state index < -0.39 is 8.32 Å². The molecule has 138 valence electrons. The first-order valence-electron chi connectivity index (χ1n) is 9.00. The Morgan fingerprint density at radius 1 is 1.20 bits per heavy atom. The zero-order chi connectivity index (χ0) is 18.7. The summed E-state index contributed by atoms with van der Waals surface area (Å²) in [5.74, 6) is 0.0509. The smallest absolute Gasteiger partial charge is 0.258 e. The van der Waals surface area contributed by atoms with Gasteiger partial charge in [0.15, 0.2) is 8.32 Å². The van der Waals surface area contributed by atoms with Crippen molar-refractivity contribution < 1.29 is 9.22 Å². The number of nitrogens with zero attached hydrogens (tertiary/aromatic N) is 2. The molecule has 1 amide bonds. The van der Waals surface area contributed by atoms with Crippen molar-refractivity contribution in [2.75, 3.05) is 26.4 Å². The van der Waals surface area contributed by atoms with Crippen LogP contribution in [-0.4, -0.2) is 50.4 Å². The maximum Gasteiger partial charge on any atom is 0.258 e. The quantitative estimate of drug-likeness (QED) is 0.733. The second kappa shape index (κ2) is 7.85. The van der Waals surface area contributed by atoms with E-state index in [0.29, 0.717) is 6.67 Å². The minimum Gasteiger partial charge on any atom is -0.416 e. The average molecular weight is 361 g/mol. The maximum atomic E-state index is 12.7. The maximum absolute atomic E-state index is 12.7. The lowest BCUT2D eigenvalue weighted by atomic mass is 10.2. The Bertz CT molecular complexity index is 620. The van der Waals surface area contributed by atoms with Gasteiger partial charge in [-0.2, -0.15) is 0 Å². The monoisotopic (exact) mass is 360 g/mol. The molecule has 0 aliphatic carbocycles. The first kappa shape index (κ1) is 19.9. The summed E-state index contributed by atoms with van der Waals surface area (Å²) < 4.78 is 6.29. The van der Waals surface area contributed by atoms with Crippen LogP contribution in [0.1, 0.15) is 38.1 Å². The van der Waals surface area contributed by atoms with Crippen molar-refractivity contribution in [3.8, 4) is 0 Å². The Morgan fingerprint density at radius 3 is 2.44 bits per heavy atom. The number of hydrogen-bond donors (Lipinski definition) is 0. The first-order chi connectivity index (χ1) is 11.6. The lowest BCUT2D eigenvalue weighted by Gasteiger charge is -2.38. The van der Waals surface area contributed by atoms with Crippen LogP contribution in [-0.2, 0) is 4.43 Å². The second-order valence-corrected chi connectivity index (χ2v) is 13.2. The summed E-state index contributed by atoms with van der Waals surface area (Å²) in [7, 11) is -1.72. The van der Waals surface area contributed by atoms with E-state index in [1.807, 2.05) is 36.5 Å². The molecule has 0 unspecified atom stereocenters. The molecule has 5 heteroatoms. The molecule has 0 bridgehead atoms. The van der Waals surface area contributed by atoms with Crippen LogP contribution in [0.15, 0.2) is 42.1 Å². The fourth-order valence-corrected chi connectivity index (χ4v) is 3.67. The summed E-state index contributed by atoms with van der Waals surface area (Å²) in [5.41, 5.74) is 1.92. The molecule has 0 spiro atoms. The predicted molar refractivity (Wildman–Crippen MR) is 106 cm³/mol. The summed E-state index contributed by atoms with van der Waals surface area (Å²) in [6.45, 7) is 16.5. The molecule has 1 aliphatic rings. The Balaban J connectivity index is 1.94. The molecule has 1 aromatic carbocycles. The van der Waals surface area contributed by atoms with Gasteiger partial charge in [0.2, 0.25) is 0 Å². The molecule has 0 atom stereocenters. The van der Waals surface area contributed by atoms with E-state index in [1.54, 1.807) is 4.90 Å². The van der Waals surface area contributed by atoms with E-state index in [4.69, 9.17) is 4.43 Å². The molecule has 1 heterocycles. The Labute approximate surface area is 153 Å². The zero-order valence-electron chi connectivity index (χ0n) is 16.5. The average Bonchev–Trinajstić information content (AvgIpc) is 2.53. The van der Waals surface area contributed by atoms with Crippen LogP contribution in [0.25, 0.3) is 0 Å². The third kappa shape index (κ3) is 5.27. The first-order valence-corrected chi connectivity index (χ1v) is 11.9. The molecule has 0 radical (unpaired) electrons. The van der Waals surface area contributed by atoms with Crippen molar-refractivity contribution in [1.82, 2.24) is 9.80 Å². The van der Waals surface area contributed by atoms with Crippen molar-refractivity contribution in [1.29, 1.82) is 0 Å². The largest absolute Gasteiger partial charge is 0.416 e. The SMILES string of the molecule is CC1=CN(C(=O)c2ccccc2)CN(CCO[Si](C)(C)C(C)(C)C)C1. The molecule has 1 aliphatic heterocycles. The van der Waals surface area contributed by atoms with Gasteiger partial charge in [-0.05, 0) is 42.8 Å². The Morgan fingerprint density at radius 2 is 1.84 bits per heavy atom. The lowest BCUT2D eigenvalue weighted by Crippen LogP contribution is -2.46. The highest BCUT2D eigenvalue weighted by molar-refractivity contribution is 6.74. The van der Waals surface area contributed by atoms with Crippen LogP contribution in [0, 0.1) is 0 Å². The van der Waals surface area contributed by atoms with E-state index in [9.17, 15) is 4.79 Å². The fraction of sp³-hybridized carbons (Fsp3) is 0.550. The van der Waals surface area contributed by atoms with Gasteiger partial charge in [0.1, 0.15) is 0 Å². The van der Waals surface area contributed by atoms with Gasteiger partial charge in [-0.25, -0.2) is 0 Å². The van der Waals surface area contributed by atoms with Crippen LogP contribution in [0.4, 0.5) is 0 Å². The van der Waals surface area contributed by atoms with E-state index >= 15 is 0 Å². The van der Waals surface area contributed by atoms with E-state index in [-0.39, 0.29) is 10.9 Å². The Kier molecular flexibility index (Phi) is 6.24. The van der Waals surface area contributed by atoms with Gasteiger partial charge in [-0.1, -0.05) is 39.0 Å². The zero-order valence-corrected chi connectivity index (χ0v) is 17.5. The van der Waals surface area contributed by atoms with Crippen LogP contribution in [0.5, 0.6) is 0 Å². The number of rotatable bonds is 5. The molecule has 0 N–H and O–H groups in total. The molecule has 4 nitrogen and oxygen atoms in total. The van der Waals surface area contributed by atoms with E-state index in [2.05, 4.69) is 45.7 Å². The van der Waals surface area contributed by atoms with Gasteiger partial charge in [-0.15, -0.1) is 0 Å². The van der Waals surface area contributed by atoms with Gasteiger partial charge in [-0.3, -0.25) is 9.69 Å². The summed E-state index contributed by atoms with van der Waals surface area (Å²) in [6.07, 6.45) is 1.97. The topological polar surface area (TPSA) is 32.8 Å². The molecule has 0 saturated carbocycles. The lowest BCUT2D eigenvalue weighted by molar-refractivity contribution is 0.0684. The highest BCUT2D eigenvalue weighted by Crippen LogP contribution is 2.36. The fourth-order valence-electron chi connectivity index (χ4n) is 2.63. The molecule has 0 aromatic heterocycles. The summed E-state index contributed by atoms with van der Waals surface area (Å²) in [5, 5.41) is 0.222. The number of amides is 1. The molecular weight excluding hydrogens is 328 g/mol. The van der Waals surface area contributed by atoms with Crippen LogP contribution in [0.2, 0.25) is 18.1 Å². The van der Waals surface area contributed by atoms with Crippen LogP contribution in [0.3, 0.4) is 0 Å². The van der Waals surface area contributed by atoms with Crippen molar-refractivity contribution in [3.63, 3.8) is 0 Å². The number of carbonyl (C=O) groups is 1. The van der Waals surface area contributed by atoms with Crippen LogP contribution < -0.4 is 0 Å². The molecule has 0 saturated heterocycles. The second-order valence-electron chi connectivity index (χ2n) is 8.42. The standard InChI is InChI=1S/C20H32N2O2Si/c1-17-14-21(12-13-24-25(5,6)20(2,3)4)16-22(15-17)19(23)18-10-8-7-9-11-18/h7-11,15H,12-14,16H2,1-6H3. The highest BCUT2D eigenvalue weighted by Gasteiger charge is 2.37. The summed E-state index contributed by atoms with van der Waals surface area (Å²) >= 11 is 0. The molecular formula is C20H32N2O2Si. The predicted octanol–water partition coefficient (Wildman–Crippen LogP) is 4.33. The summed E-state index contributed by atoms with van der Waals surface area (Å²) in [6, 6.07) is 9.46. The van der Waals surface area contributed by atoms with E-state index in [1.165, 1.54) is 5.57 Å². The minimum atomic E-state index is -1.72. The van der Waals surface area contributed by atoms with Crippen molar-refractivity contribution in [2.45, 2.75) is 45.8 Å². The van der Waals surface area contributed by atoms with Crippen LogP contribution >= 0.6 is 0 Å².